The number of carbonyl (C=O) groups is 1. The van der Waals surface area contributed by atoms with Crippen LogP contribution < -0.4 is 5.32 Å². The molecule has 7 heteroatoms. The van der Waals surface area contributed by atoms with Crippen LogP contribution in [0.5, 0.6) is 0 Å². The quantitative estimate of drug-likeness (QED) is 0.860. The van der Waals surface area contributed by atoms with Crippen molar-refractivity contribution in [3.05, 3.63) is 11.7 Å². The molecule has 0 saturated carbocycles. The molecule has 1 aromatic heterocycles. The van der Waals surface area contributed by atoms with Crippen LogP contribution in [0, 0.1) is 0 Å². The van der Waals surface area contributed by atoms with Crippen molar-refractivity contribution in [2.75, 3.05) is 26.2 Å². The van der Waals surface area contributed by atoms with Gasteiger partial charge in [-0.2, -0.15) is 4.98 Å². The zero-order valence-electron chi connectivity index (χ0n) is 13.3. The van der Waals surface area contributed by atoms with Crippen molar-refractivity contribution >= 4 is 6.03 Å². The molecule has 2 fully saturated rings. The summed E-state index contributed by atoms with van der Waals surface area (Å²) in [7, 11) is 0. The van der Waals surface area contributed by atoms with Crippen LogP contribution in [0.4, 0.5) is 4.79 Å². The molecule has 0 unspecified atom stereocenters. The Hall–Kier alpha value is -1.63. The summed E-state index contributed by atoms with van der Waals surface area (Å²) in [5.41, 5.74) is 0. The fraction of sp³-hybridized carbons (Fsp3) is 0.800. The van der Waals surface area contributed by atoms with Crippen LogP contribution in [0.25, 0.3) is 0 Å². The molecular weight excluding hydrogens is 282 g/mol. The first-order valence-electron chi connectivity index (χ1n) is 8.34. The van der Waals surface area contributed by atoms with Crippen molar-refractivity contribution < 1.29 is 9.32 Å². The minimum absolute atomic E-state index is 0.0771. The van der Waals surface area contributed by atoms with E-state index in [0.29, 0.717) is 12.6 Å². The van der Waals surface area contributed by atoms with E-state index >= 15 is 0 Å². The normalized spacial score (nSPS) is 23.0. The molecule has 2 aliphatic rings. The lowest BCUT2D eigenvalue weighted by Gasteiger charge is -2.36. The zero-order chi connectivity index (χ0) is 15.4. The van der Waals surface area contributed by atoms with Gasteiger partial charge in [0.05, 0.1) is 6.54 Å². The van der Waals surface area contributed by atoms with Crippen LogP contribution in [0.1, 0.15) is 44.3 Å². The minimum Gasteiger partial charge on any atom is -0.339 e. The molecule has 0 bridgehead atoms. The van der Waals surface area contributed by atoms with Gasteiger partial charge < -0.3 is 14.7 Å². The molecule has 2 amide bonds. The molecule has 122 valence electrons. The number of carbonyl (C=O) groups excluding carboxylic acids is 1. The summed E-state index contributed by atoms with van der Waals surface area (Å²) in [6.45, 7) is 6.37. The lowest BCUT2D eigenvalue weighted by atomic mass is 10.0. The largest absolute Gasteiger partial charge is 0.339 e. The second-order valence-corrected chi connectivity index (χ2v) is 6.16. The number of nitrogens with zero attached hydrogens (tertiary/aromatic N) is 4. The van der Waals surface area contributed by atoms with E-state index in [4.69, 9.17) is 4.52 Å². The summed E-state index contributed by atoms with van der Waals surface area (Å²) in [6.07, 6.45) is 5.26. The third-order valence-electron chi connectivity index (χ3n) is 4.43. The summed E-state index contributed by atoms with van der Waals surface area (Å²) in [4.78, 5) is 20.6. The van der Waals surface area contributed by atoms with E-state index in [1.807, 2.05) is 4.90 Å². The summed E-state index contributed by atoms with van der Waals surface area (Å²) in [5, 5.41) is 6.96. The van der Waals surface area contributed by atoms with E-state index in [1.54, 1.807) is 0 Å². The number of hydrogen-bond acceptors (Lipinski definition) is 5. The highest BCUT2D eigenvalue weighted by Gasteiger charge is 2.31. The van der Waals surface area contributed by atoms with Crippen LogP contribution in [0.3, 0.4) is 0 Å². The maximum absolute atomic E-state index is 11.8. The van der Waals surface area contributed by atoms with Gasteiger partial charge in [-0.3, -0.25) is 4.90 Å². The van der Waals surface area contributed by atoms with Crippen molar-refractivity contribution in [3.63, 3.8) is 0 Å². The molecule has 1 aromatic rings. The highest BCUT2D eigenvalue weighted by molar-refractivity contribution is 5.76. The van der Waals surface area contributed by atoms with Crippen molar-refractivity contribution in [2.45, 2.75) is 51.6 Å². The van der Waals surface area contributed by atoms with Crippen LogP contribution >= 0.6 is 0 Å². The Balaban J connectivity index is 1.53. The molecule has 0 spiro atoms. The Bertz CT molecular complexity index is 504. The van der Waals surface area contributed by atoms with E-state index in [9.17, 15) is 4.79 Å². The Kier molecular flexibility index (Phi) is 4.92. The second kappa shape index (κ2) is 7.09. The van der Waals surface area contributed by atoms with Crippen LogP contribution in [0.2, 0.25) is 0 Å². The Labute approximate surface area is 131 Å². The molecule has 3 heterocycles. The fourth-order valence-corrected chi connectivity index (χ4v) is 3.25. The molecule has 7 nitrogen and oxygen atoms in total. The zero-order valence-corrected chi connectivity index (χ0v) is 13.3. The van der Waals surface area contributed by atoms with Gasteiger partial charge in [0.1, 0.15) is 0 Å². The molecule has 2 aliphatic heterocycles. The molecule has 0 aliphatic carbocycles. The molecule has 3 rings (SSSR count). The van der Waals surface area contributed by atoms with Gasteiger partial charge in [-0.25, -0.2) is 4.79 Å². The first-order chi connectivity index (χ1) is 10.8. The van der Waals surface area contributed by atoms with Gasteiger partial charge in [-0.05, 0) is 25.8 Å². The number of unbranched alkanes of at least 4 members (excludes halogenated alkanes) is 1. The van der Waals surface area contributed by atoms with E-state index < -0.39 is 0 Å². The average Bonchev–Trinajstić information content (AvgIpc) is 3.14. The van der Waals surface area contributed by atoms with Gasteiger partial charge in [-0.15, -0.1) is 0 Å². The van der Waals surface area contributed by atoms with Crippen molar-refractivity contribution in [1.82, 2.24) is 25.3 Å². The van der Waals surface area contributed by atoms with Crippen molar-refractivity contribution in [3.8, 4) is 0 Å². The van der Waals surface area contributed by atoms with Crippen LogP contribution in [-0.2, 0) is 13.0 Å². The minimum atomic E-state index is 0.0771. The first-order valence-corrected chi connectivity index (χ1v) is 8.34. The van der Waals surface area contributed by atoms with Crippen LogP contribution in [0.15, 0.2) is 4.52 Å². The standard InChI is InChI=1S/C15H25N5O2/c1-2-3-6-14-17-13(18-22-14)11-19-8-4-5-12(10-19)20-9-7-16-15(20)21/h12H,2-11H2,1H3,(H,16,21)/t12-/m0/s1. The highest BCUT2D eigenvalue weighted by Crippen LogP contribution is 2.19. The van der Waals surface area contributed by atoms with Gasteiger partial charge in [0.15, 0.2) is 5.82 Å². The van der Waals surface area contributed by atoms with Gasteiger partial charge >= 0.3 is 6.03 Å². The summed E-state index contributed by atoms with van der Waals surface area (Å²) >= 11 is 0. The van der Waals surface area contributed by atoms with Gasteiger partial charge in [0.2, 0.25) is 5.89 Å². The first kappa shape index (κ1) is 15.3. The predicted molar refractivity (Wildman–Crippen MR) is 81.3 cm³/mol. The average molecular weight is 307 g/mol. The van der Waals surface area contributed by atoms with Gasteiger partial charge in [-0.1, -0.05) is 18.5 Å². The summed E-state index contributed by atoms with van der Waals surface area (Å²) < 4.78 is 5.29. The maximum Gasteiger partial charge on any atom is 0.317 e. The Morgan fingerprint density at radius 2 is 2.32 bits per heavy atom. The van der Waals surface area contributed by atoms with Gasteiger partial charge in [0, 0.05) is 32.1 Å². The van der Waals surface area contributed by atoms with E-state index in [-0.39, 0.29) is 6.03 Å². The SMILES string of the molecule is CCCCc1nc(CN2CCC[C@H](N3CCNC3=O)C2)no1. The molecular formula is C15H25N5O2. The molecule has 1 N–H and O–H groups in total. The predicted octanol–water partition coefficient (Wildman–Crippen LogP) is 1.40. The number of aromatic nitrogens is 2. The lowest BCUT2D eigenvalue weighted by molar-refractivity contribution is 0.119. The van der Waals surface area contributed by atoms with E-state index in [2.05, 4.69) is 27.3 Å². The fourth-order valence-electron chi connectivity index (χ4n) is 3.25. The lowest BCUT2D eigenvalue weighted by Crippen LogP contribution is -2.48. The second-order valence-electron chi connectivity index (χ2n) is 6.16. The topological polar surface area (TPSA) is 74.5 Å². The molecule has 2 saturated heterocycles. The van der Waals surface area contributed by atoms with E-state index in [0.717, 1.165) is 70.0 Å². The summed E-state index contributed by atoms with van der Waals surface area (Å²) in [6, 6.07) is 0.385. The Morgan fingerprint density at radius 1 is 1.41 bits per heavy atom. The summed E-state index contributed by atoms with van der Waals surface area (Å²) in [5.74, 6) is 1.50. The number of urea groups is 1. The smallest absolute Gasteiger partial charge is 0.317 e. The van der Waals surface area contributed by atoms with Crippen molar-refractivity contribution in [2.24, 2.45) is 0 Å². The number of hydrogen-bond donors (Lipinski definition) is 1. The number of rotatable bonds is 6. The molecule has 22 heavy (non-hydrogen) atoms. The maximum atomic E-state index is 11.8. The molecule has 0 aromatic carbocycles. The number of nitrogens with one attached hydrogen (secondary N) is 1. The third kappa shape index (κ3) is 3.58. The number of aryl methyl sites for hydroxylation is 1. The monoisotopic (exact) mass is 307 g/mol. The number of likely N-dealkylation sites (tertiary alicyclic amines) is 1. The van der Waals surface area contributed by atoms with Gasteiger partial charge in [0.25, 0.3) is 0 Å². The highest BCUT2D eigenvalue weighted by atomic mass is 16.5. The van der Waals surface area contributed by atoms with Crippen molar-refractivity contribution in [1.29, 1.82) is 0 Å². The third-order valence-corrected chi connectivity index (χ3v) is 4.43. The Morgan fingerprint density at radius 3 is 3.09 bits per heavy atom. The molecule has 0 radical (unpaired) electrons. The van der Waals surface area contributed by atoms with Crippen LogP contribution in [-0.4, -0.2) is 58.2 Å². The number of amides is 2. The molecule has 1 atom stereocenters. The number of piperidine rings is 1. The van der Waals surface area contributed by atoms with E-state index in [1.165, 1.54) is 0 Å².